The van der Waals surface area contributed by atoms with Gasteiger partial charge in [0.15, 0.2) is 0 Å². The van der Waals surface area contributed by atoms with Gasteiger partial charge < -0.3 is 15.0 Å². The molecule has 0 unspecified atom stereocenters. The third kappa shape index (κ3) is 3.72. The lowest BCUT2D eigenvalue weighted by Crippen LogP contribution is -2.27. The van der Waals surface area contributed by atoms with Crippen LogP contribution >= 0.6 is 0 Å². The number of para-hydroxylation sites is 1. The van der Waals surface area contributed by atoms with Gasteiger partial charge in [0, 0.05) is 25.2 Å². The Balaban J connectivity index is 1.68. The fourth-order valence-corrected chi connectivity index (χ4v) is 3.23. The number of rotatable bonds is 6. The van der Waals surface area contributed by atoms with E-state index in [1.807, 2.05) is 43.0 Å². The number of ether oxygens (including phenoxy) is 1. The molecule has 1 heterocycles. The van der Waals surface area contributed by atoms with Gasteiger partial charge >= 0.3 is 0 Å². The van der Waals surface area contributed by atoms with Gasteiger partial charge in [-0.15, -0.1) is 0 Å². The van der Waals surface area contributed by atoms with E-state index >= 15 is 0 Å². The molecule has 2 aromatic carbocycles. The molecule has 0 atom stereocenters. The van der Waals surface area contributed by atoms with Crippen molar-refractivity contribution in [3.63, 3.8) is 0 Å². The van der Waals surface area contributed by atoms with E-state index in [0.29, 0.717) is 30.9 Å². The van der Waals surface area contributed by atoms with E-state index in [1.165, 1.54) is 0 Å². The predicted octanol–water partition coefficient (Wildman–Crippen LogP) is 3.31. The monoisotopic (exact) mass is 352 g/mol. The zero-order valence-electron chi connectivity index (χ0n) is 15.2. The second-order valence-corrected chi connectivity index (χ2v) is 6.22. The van der Waals surface area contributed by atoms with Gasteiger partial charge in [0.05, 0.1) is 12.2 Å². The van der Waals surface area contributed by atoms with Crippen molar-refractivity contribution in [3.8, 4) is 5.75 Å². The molecule has 5 nitrogen and oxygen atoms in total. The van der Waals surface area contributed by atoms with Crippen molar-refractivity contribution in [2.24, 2.45) is 0 Å². The van der Waals surface area contributed by atoms with E-state index in [1.54, 1.807) is 12.1 Å². The SMILES string of the molecule is CCOc1ccccc1C(=O)NCc1ccc2c(c1)CCN2C(=O)CC. The molecule has 2 amide bonds. The molecule has 1 aliphatic heterocycles. The summed E-state index contributed by atoms with van der Waals surface area (Å²) < 4.78 is 5.52. The topological polar surface area (TPSA) is 58.6 Å². The van der Waals surface area contributed by atoms with Gasteiger partial charge in [0.2, 0.25) is 5.91 Å². The van der Waals surface area contributed by atoms with Crippen molar-refractivity contribution >= 4 is 17.5 Å². The second-order valence-electron chi connectivity index (χ2n) is 6.22. The minimum Gasteiger partial charge on any atom is -0.493 e. The summed E-state index contributed by atoms with van der Waals surface area (Å²) in [5.41, 5.74) is 3.72. The number of hydrogen-bond acceptors (Lipinski definition) is 3. The van der Waals surface area contributed by atoms with Crippen LogP contribution < -0.4 is 15.0 Å². The molecule has 0 aromatic heterocycles. The number of anilines is 1. The molecule has 1 N–H and O–H groups in total. The Bertz CT molecular complexity index is 817. The summed E-state index contributed by atoms with van der Waals surface area (Å²) in [4.78, 5) is 26.3. The maximum Gasteiger partial charge on any atom is 0.255 e. The first-order valence-electron chi connectivity index (χ1n) is 9.06. The Morgan fingerprint density at radius 2 is 1.96 bits per heavy atom. The molecular formula is C21H24N2O3. The third-order valence-electron chi connectivity index (χ3n) is 4.53. The third-order valence-corrected chi connectivity index (χ3v) is 4.53. The number of nitrogens with zero attached hydrogens (tertiary/aromatic N) is 1. The van der Waals surface area contributed by atoms with Crippen molar-refractivity contribution in [1.29, 1.82) is 0 Å². The fourth-order valence-electron chi connectivity index (χ4n) is 3.23. The quantitative estimate of drug-likeness (QED) is 0.868. The van der Waals surface area contributed by atoms with Crippen LogP contribution in [0.5, 0.6) is 5.75 Å². The van der Waals surface area contributed by atoms with Crippen LogP contribution in [-0.4, -0.2) is 25.0 Å². The summed E-state index contributed by atoms with van der Waals surface area (Å²) in [5, 5.41) is 2.95. The Hall–Kier alpha value is -2.82. The van der Waals surface area contributed by atoms with E-state index in [0.717, 1.165) is 29.8 Å². The Morgan fingerprint density at radius 3 is 2.73 bits per heavy atom. The lowest BCUT2D eigenvalue weighted by molar-refractivity contribution is -0.118. The van der Waals surface area contributed by atoms with Gasteiger partial charge in [-0.1, -0.05) is 31.2 Å². The van der Waals surface area contributed by atoms with Crippen molar-refractivity contribution in [1.82, 2.24) is 5.32 Å². The molecule has 0 spiro atoms. The smallest absolute Gasteiger partial charge is 0.255 e. The van der Waals surface area contributed by atoms with Crippen LogP contribution in [0, 0.1) is 0 Å². The first-order chi connectivity index (χ1) is 12.6. The highest BCUT2D eigenvalue weighted by atomic mass is 16.5. The largest absolute Gasteiger partial charge is 0.493 e. The first-order valence-corrected chi connectivity index (χ1v) is 9.06. The summed E-state index contributed by atoms with van der Waals surface area (Å²) in [6, 6.07) is 13.3. The number of nitrogens with one attached hydrogen (secondary N) is 1. The molecule has 0 saturated carbocycles. The van der Waals surface area contributed by atoms with Crippen LogP contribution in [0.1, 0.15) is 41.8 Å². The van der Waals surface area contributed by atoms with E-state index in [9.17, 15) is 9.59 Å². The van der Waals surface area contributed by atoms with Gasteiger partial charge in [-0.05, 0) is 42.7 Å². The highest BCUT2D eigenvalue weighted by molar-refractivity contribution is 5.97. The van der Waals surface area contributed by atoms with Crippen LogP contribution in [0.15, 0.2) is 42.5 Å². The highest BCUT2D eigenvalue weighted by Crippen LogP contribution is 2.29. The average Bonchev–Trinajstić information content (AvgIpc) is 3.09. The minimum absolute atomic E-state index is 0.150. The van der Waals surface area contributed by atoms with Crippen LogP contribution in [0.2, 0.25) is 0 Å². The molecule has 0 bridgehead atoms. The van der Waals surface area contributed by atoms with Crippen LogP contribution in [0.3, 0.4) is 0 Å². The van der Waals surface area contributed by atoms with Crippen LogP contribution in [0.25, 0.3) is 0 Å². The van der Waals surface area contributed by atoms with E-state index in [2.05, 4.69) is 11.4 Å². The van der Waals surface area contributed by atoms with Gasteiger partial charge in [0.1, 0.15) is 5.75 Å². The number of hydrogen-bond donors (Lipinski definition) is 1. The van der Waals surface area contributed by atoms with Gasteiger partial charge in [-0.2, -0.15) is 0 Å². The van der Waals surface area contributed by atoms with Gasteiger partial charge in [-0.25, -0.2) is 0 Å². The molecule has 0 aliphatic carbocycles. The molecule has 2 aromatic rings. The summed E-state index contributed by atoms with van der Waals surface area (Å²) in [5.74, 6) is 0.588. The first kappa shape index (κ1) is 18.0. The second kappa shape index (κ2) is 8.04. The van der Waals surface area contributed by atoms with Crippen molar-refractivity contribution in [3.05, 3.63) is 59.2 Å². The normalized spacial score (nSPS) is 12.6. The van der Waals surface area contributed by atoms with E-state index in [4.69, 9.17) is 4.74 Å². The van der Waals surface area contributed by atoms with Crippen molar-refractivity contribution in [2.45, 2.75) is 33.2 Å². The lowest BCUT2D eigenvalue weighted by Gasteiger charge is -2.16. The number of amides is 2. The molecule has 136 valence electrons. The molecule has 0 radical (unpaired) electrons. The Labute approximate surface area is 154 Å². The summed E-state index contributed by atoms with van der Waals surface area (Å²) in [7, 11) is 0. The highest BCUT2D eigenvalue weighted by Gasteiger charge is 2.23. The van der Waals surface area contributed by atoms with E-state index < -0.39 is 0 Å². The van der Waals surface area contributed by atoms with E-state index in [-0.39, 0.29) is 11.8 Å². The molecule has 26 heavy (non-hydrogen) atoms. The number of carbonyl (C=O) groups excluding carboxylic acids is 2. The van der Waals surface area contributed by atoms with Crippen LogP contribution in [-0.2, 0) is 17.8 Å². The minimum atomic E-state index is -0.155. The molecule has 1 aliphatic rings. The number of carbonyl (C=O) groups is 2. The van der Waals surface area contributed by atoms with Crippen LogP contribution in [0.4, 0.5) is 5.69 Å². The lowest BCUT2D eigenvalue weighted by atomic mass is 10.1. The molecule has 0 fully saturated rings. The molecule has 3 rings (SSSR count). The number of fused-ring (bicyclic) bond motifs is 1. The van der Waals surface area contributed by atoms with Crippen molar-refractivity contribution < 1.29 is 14.3 Å². The average molecular weight is 352 g/mol. The summed E-state index contributed by atoms with van der Waals surface area (Å²) in [6.07, 6.45) is 1.37. The van der Waals surface area contributed by atoms with Gasteiger partial charge in [0.25, 0.3) is 5.91 Å². The Kier molecular flexibility index (Phi) is 5.56. The maximum atomic E-state index is 12.5. The summed E-state index contributed by atoms with van der Waals surface area (Å²) in [6.45, 7) is 5.46. The maximum absolute atomic E-state index is 12.5. The Morgan fingerprint density at radius 1 is 1.15 bits per heavy atom. The predicted molar refractivity (Wildman–Crippen MR) is 102 cm³/mol. The number of benzene rings is 2. The zero-order chi connectivity index (χ0) is 18.5. The molecule has 0 saturated heterocycles. The van der Waals surface area contributed by atoms with Crippen molar-refractivity contribution in [2.75, 3.05) is 18.1 Å². The molecular weight excluding hydrogens is 328 g/mol. The fraction of sp³-hybridized carbons (Fsp3) is 0.333. The standard InChI is InChI=1S/C21H24N2O3/c1-3-20(24)23-12-11-16-13-15(9-10-18(16)23)14-22-21(25)17-7-5-6-8-19(17)26-4-2/h5-10,13H,3-4,11-12,14H2,1-2H3,(H,22,25). The zero-order valence-corrected chi connectivity index (χ0v) is 15.2. The molecule has 5 heteroatoms. The van der Waals surface area contributed by atoms with Gasteiger partial charge in [-0.3, -0.25) is 9.59 Å². The summed E-state index contributed by atoms with van der Waals surface area (Å²) >= 11 is 0.